The van der Waals surface area contributed by atoms with Crippen LogP contribution in [-0.2, 0) is 4.74 Å². The lowest BCUT2D eigenvalue weighted by Crippen LogP contribution is -2.23. The highest BCUT2D eigenvalue weighted by Gasteiger charge is 2.05. The maximum absolute atomic E-state index is 4.79. The molecule has 0 spiro atoms. The summed E-state index contributed by atoms with van der Waals surface area (Å²) in [5.41, 5.74) is 0. The summed E-state index contributed by atoms with van der Waals surface area (Å²) in [5, 5.41) is 2.71. The van der Waals surface area contributed by atoms with Crippen LogP contribution < -0.4 is 5.32 Å². The maximum atomic E-state index is 4.79. The summed E-state index contributed by atoms with van der Waals surface area (Å²) >= 11 is 0. The Morgan fingerprint density at radius 3 is 3.14 bits per heavy atom. The average molecular weight is 98.1 g/mol. The monoisotopic (exact) mass is 98.0 g/mol. The fourth-order valence-corrected chi connectivity index (χ4v) is 0.363. The molecule has 2 radical (unpaired) electrons. The van der Waals surface area contributed by atoms with Crippen LogP contribution in [0, 0.1) is 6.67 Å². The molecule has 1 atom stereocenters. The van der Waals surface area contributed by atoms with Crippen LogP contribution in [0.1, 0.15) is 0 Å². The summed E-state index contributed by atoms with van der Waals surface area (Å²) < 4.78 is 4.79. The van der Waals surface area contributed by atoms with E-state index >= 15 is 0 Å². The topological polar surface area (TPSA) is 33.6 Å². The fourth-order valence-electron chi connectivity index (χ4n) is 0.363. The van der Waals surface area contributed by atoms with Gasteiger partial charge in [0.25, 0.3) is 0 Å². The van der Waals surface area contributed by atoms with Gasteiger partial charge in [-0.05, 0) is 0 Å². The third kappa shape index (κ3) is 0.976. The first-order valence-corrected chi connectivity index (χ1v) is 2.00. The minimum atomic E-state index is -0.0556. The zero-order chi connectivity index (χ0) is 5.11. The van der Waals surface area contributed by atoms with E-state index in [2.05, 4.69) is 17.0 Å². The standard InChI is InChI=1S/C4H6N2O/c1-7-4-2-5-3-6-4/h2,4,6H,1H3. The van der Waals surface area contributed by atoms with Gasteiger partial charge in [0.05, 0.1) is 0 Å². The molecule has 7 heavy (non-hydrogen) atoms. The number of methoxy groups -OCH3 is 1. The lowest BCUT2D eigenvalue weighted by molar-refractivity contribution is 0.145. The quantitative estimate of drug-likeness (QED) is 0.485. The molecule has 0 bridgehead atoms. The molecular formula is C4H6N2O. The van der Waals surface area contributed by atoms with Gasteiger partial charge < -0.3 is 4.74 Å². The molecule has 38 valence electrons. The van der Waals surface area contributed by atoms with E-state index in [-0.39, 0.29) is 6.23 Å². The molecule has 1 heterocycles. The summed E-state index contributed by atoms with van der Waals surface area (Å²) in [7, 11) is 1.61. The van der Waals surface area contributed by atoms with Crippen LogP contribution in [0.2, 0.25) is 0 Å². The molecule has 0 aromatic heterocycles. The number of nitrogens with one attached hydrogen (secondary N) is 1. The van der Waals surface area contributed by atoms with Crippen molar-refractivity contribution in [2.45, 2.75) is 6.23 Å². The van der Waals surface area contributed by atoms with Gasteiger partial charge in [-0.15, -0.1) is 0 Å². The molecule has 1 aliphatic heterocycles. The number of hydrogen-bond donors (Lipinski definition) is 1. The largest absolute Gasteiger partial charge is 0.361 e. The van der Waals surface area contributed by atoms with Crippen LogP contribution in [0.25, 0.3) is 0 Å². The van der Waals surface area contributed by atoms with E-state index in [1.165, 1.54) is 0 Å². The van der Waals surface area contributed by atoms with Crippen LogP contribution in [0.5, 0.6) is 0 Å². The van der Waals surface area contributed by atoms with E-state index in [9.17, 15) is 0 Å². The van der Waals surface area contributed by atoms with Crippen molar-refractivity contribution in [2.75, 3.05) is 7.11 Å². The van der Waals surface area contributed by atoms with Crippen molar-refractivity contribution in [3.05, 3.63) is 6.67 Å². The Labute approximate surface area is 42.4 Å². The smallest absolute Gasteiger partial charge is 0.198 e. The Morgan fingerprint density at radius 1 is 2.00 bits per heavy atom. The first-order valence-electron chi connectivity index (χ1n) is 2.00. The molecule has 1 N–H and O–H groups in total. The zero-order valence-corrected chi connectivity index (χ0v) is 4.01. The second kappa shape index (κ2) is 2.04. The van der Waals surface area contributed by atoms with Gasteiger partial charge in [0.2, 0.25) is 0 Å². The van der Waals surface area contributed by atoms with Gasteiger partial charge in [-0.1, -0.05) is 0 Å². The lowest BCUT2D eigenvalue weighted by atomic mass is 10.7. The number of aliphatic imine (C=N–C) groups is 1. The molecule has 0 amide bonds. The van der Waals surface area contributed by atoms with E-state index in [4.69, 9.17) is 4.74 Å². The van der Waals surface area contributed by atoms with E-state index in [1.54, 1.807) is 13.3 Å². The summed E-state index contributed by atoms with van der Waals surface area (Å²) in [6.07, 6.45) is 1.58. The van der Waals surface area contributed by atoms with Crippen LogP contribution >= 0.6 is 0 Å². The van der Waals surface area contributed by atoms with Crippen molar-refractivity contribution in [2.24, 2.45) is 4.99 Å². The van der Waals surface area contributed by atoms with Crippen molar-refractivity contribution in [1.82, 2.24) is 5.32 Å². The van der Waals surface area contributed by atoms with Crippen LogP contribution in [0.4, 0.5) is 0 Å². The molecule has 0 aromatic carbocycles. The molecule has 1 aliphatic rings. The Kier molecular flexibility index (Phi) is 1.38. The highest BCUT2D eigenvalue weighted by molar-refractivity contribution is 5.65. The predicted molar refractivity (Wildman–Crippen MR) is 25.7 cm³/mol. The van der Waals surface area contributed by atoms with Gasteiger partial charge in [-0.25, -0.2) is 0 Å². The second-order valence-corrected chi connectivity index (χ2v) is 1.19. The SMILES string of the molecule is COC1C=N[C]N1. The minimum absolute atomic E-state index is 0.0556. The third-order valence-electron chi connectivity index (χ3n) is 0.735. The molecule has 1 rings (SSSR count). The van der Waals surface area contributed by atoms with Gasteiger partial charge in [0.1, 0.15) is 6.23 Å². The van der Waals surface area contributed by atoms with Crippen molar-refractivity contribution < 1.29 is 4.74 Å². The Bertz CT molecular complexity index is 81.8. The molecule has 0 fully saturated rings. The number of ether oxygens (including phenoxy) is 1. The lowest BCUT2D eigenvalue weighted by Gasteiger charge is -2.00. The minimum Gasteiger partial charge on any atom is -0.361 e. The fraction of sp³-hybridized carbons (Fsp3) is 0.500. The first-order chi connectivity index (χ1) is 3.43. The van der Waals surface area contributed by atoms with E-state index in [1.807, 2.05) is 0 Å². The van der Waals surface area contributed by atoms with Gasteiger partial charge >= 0.3 is 0 Å². The highest BCUT2D eigenvalue weighted by Crippen LogP contribution is 1.89. The Morgan fingerprint density at radius 2 is 2.86 bits per heavy atom. The maximum Gasteiger partial charge on any atom is 0.198 e. The van der Waals surface area contributed by atoms with Gasteiger partial charge in [0, 0.05) is 13.3 Å². The van der Waals surface area contributed by atoms with E-state index in [0.29, 0.717) is 0 Å². The molecule has 3 heteroatoms. The molecule has 0 saturated carbocycles. The summed E-state index contributed by atoms with van der Waals surface area (Å²) in [5.74, 6) is 0. The predicted octanol–water partition coefficient (Wildman–Crippen LogP) is -0.371. The summed E-state index contributed by atoms with van der Waals surface area (Å²) in [4.78, 5) is 3.62. The summed E-state index contributed by atoms with van der Waals surface area (Å²) in [6.45, 7) is 2.52. The van der Waals surface area contributed by atoms with Crippen LogP contribution in [-0.4, -0.2) is 19.6 Å². The molecule has 1 unspecified atom stereocenters. The Hall–Kier alpha value is -0.410. The number of rotatable bonds is 1. The van der Waals surface area contributed by atoms with E-state index < -0.39 is 0 Å². The number of nitrogens with zero attached hydrogens (tertiary/aromatic N) is 1. The second-order valence-electron chi connectivity index (χ2n) is 1.19. The van der Waals surface area contributed by atoms with Crippen LogP contribution in [0.15, 0.2) is 4.99 Å². The summed E-state index contributed by atoms with van der Waals surface area (Å²) in [6, 6.07) is 0. The van der Waals surface area contributed by atoms with Gasteiger partial charge in [-0.2, -0.15) is 0 Å². The van der Waals surface area contributed by atoms with Crippen molar-refractivity contribution in [1.29, 1.82) is 0 Å². The van der Waals surface area contributed by atoms with Crippen LogP contribution in [0.3, 0.4) is 0 Å². The van der Waals surface area contributed by atoms with Gasteiger partial charge in [0.15, 0.2) is 6.67 Å². The van der Waals surface area contributed by atoms with E-state index in [0.717, 1.165) is 0 Å². The Balaban J connectivity index is 2.28. The zero-order valence-electron chi connectivity index (χ0n) is 4.01. The average Bonchev–Trinajstić information content (AvgIpc) is 2.14. The van der Waals surface area contributed by atoms with Crippen molar-refractivity contribution >= 4 is 6.21 Å². The number of hydrogen-bond acceptors (Lipinski definition) is 3. The van der Waals surface area contributed by atoms with Gasteiger partial charge in [-0.3, -0.25) is 10.3 Å². The first kappa shape index (κ1) is 4.74. The van der Waals surface area contributed by atoms with Crippen molar-refractivity contribution in [3.63, 3.8) is 0 Å². The molecule has 0 aliphatic carbocycles. The third-order valence-corrected chi connectivity index (χ3v) is 0.735. The molecule has 0 saturated heterocycles. The van der Waals surface area contributed by atoms with Crippen molar-refractivity contribution in [3.8, 4) is 0 Å². The normalized spacial score (nSPS) is 29.0. The molecular weight excluding hydrogens is 92.1 g/mol. The highest BCUT2D eigenvalue weighted by atomic mass is 16.5. The molecule has 0 aromatic rings. The molecule has 3 nitrogen and oxygen atoms in total.